The summed E-state index contributed by atoms with van der Waals surface area (Å²) in [6, 6.07) is 0.401. The van der Waals surface area contributed by atoms with Crippen molar-refractivity contribution in [2.24, 2.45) is 5.41 Å². The van der Waals surface area contributed by atoms with Crippen LogP contribution in [0.4, 0.5) is 0 Å². The van der Waals surface area contributed by atoms with Gasteiger partial charge in [0, 0.05) is 31.3 Å². The van der Waals surface area contributed by atoms with Crippen molar-refractivity contribution >= 4 is 5.97 Å². The molecule has 16 heavy (non-hydrogen) atoms. The number of nitrogens with one attached hydrogen (secondary N) is 1. The average molecular weight is 221 g/mol. The zero-order chi connectivity index (χ0) is 11.6. The first-order chi connectivity index (χ1) is 7.60. The minimum Gasteiger partial charge on any atom is -0.461 e. The van der Waals surface area contributed by atoms with Gasteiger partial charge >= 0.3 is 5.97 Å². The maximum atomic E-state index is 10.9. The van der Waals surface area contributed by atoms with Gasteiger partial charge in [0.05, 0.1) is 0 Å². The van der Waals surface area contributed by atoms with Gasteiger partial charge in [-0.2, -0.15) is 0 Å². The first kappa shape index (κ1) is 11.4. The molecule has 1 heterocycles. The molecule has 2 aliphatic rings. The first-order valence-corrected chi connectivity index (χ1v) is 5.85. The third-order valence-electron chi connectivity index (χ3n) is 3.50. The molecule has 88 valence electrons. The highest BCUT2D eigenvalue weighted by Gasteiger charge is 2.38. The second kappa shape index (κ2) is 4.42. The summed E-state index contributed by atoms with van der Waals surface area (Å²) in [7, 11) is 0. The molecule has 0 aromatic heterocycles. The predicted octanol–water partition coefficient (Wildman–Crippen LogP) is 1.80. The van der Waals surface area contributed by atoms with Gasteiger partial charge < -0.3 is 10.1 Å². The normalized spacial score (nSPS) is 37.6. The largest absolute Gasteiger partial charge is 0.461 e. The number of allylic oxidation sites excluding steroid dienone is 3. The predicted molar refractivity (Wildman–Crippen MR) is 63.0 cm³/mol. The lowest BCUT2D eigenvalue weighted by atomic mass is 9.76. The van der Waals surface area contributed by atoms with E-state index in [1.807, 2.05) is 0 Å². The van der Waals surface area contributed by atoms with E-state index in [-0.39, 0.29) is 17.5 Å². The average Bonchev–Trinajstić information content (AvgIpc) is 2.67. The fraction of sp³-hybridized carbons (Fsp3) is 0.615. The smallest absolute Gasteiger partial charge is 0.302 e. The van der Waals surface area contributed by atoms with Gasteiger partial charge in [0.15, 0.2) is 0 Å². The summed E-state index contributed by atoms with van der Waals surface area (Å²) < 4.78 is 5.23. The van der Waals surface area contributed by atoms with E-state index in [4.69, 9.17) is 4.74 Å². The Balaban J connectivity index is 1.95. The van der Waals surface area contributed by atoms with Gasteiger partial charge in [-0.05, 0) is 6.42 Å². The number of carbonyl (C=O) groups is 1. The number of ether oxygens (including phenoxy) is 1. The summed E-state index contributed by atoms with van der Waals surface area (Å²) in [5.74, 6) is -0.184. The minimum atomic E-state index is -0.184. The van der Waals surface area contributed by atoms with Crippen molar-refractivity contribution in [1.29, 1.82) is 0 Å². The topological polar surface area (TPSA) is 38.3 Å². The third-order valence-corrected chi connectivity index (χ3v) is 3.50. The van der Waals surface area contributed by atoms with E-state index in [2.05, 4.69) is 36.5 Å². The van der Waals surface area contributed by atoms with Crippen LogP contribution in [0.2, 0.25) is 0 Å². The molecule has 0 amide bonds. The van der Waals surface area contributed by atoms with Crippen molar-refractivity contribution < 1.29 is 9.53 Å². The van der Waals surface area contributed by atoms with E-state index >= 15 is 0 Å². The van der Waals surface area contributed by atoms with Gasteiger partial charge in [-0.15, -0.1) is 0 Å². The van der Waals surface area contributed by atoms with Crippen LogP contribution in [0.15, 0.2) is 24.3 Å². The van der Waals surface area contributed by atoms with Gasteiger partial charge in [0.25, 0.3) is 0 Å². The summed E-state index contributed by atoms with van der Waals surface area (Å²) >= 11 is 0. The maximum absolute atomic E-state index is 10.9. The molecule has 1 saturated heterocycles. The van der Waals surface area contributed by atoms with Crippen LogP contribution < -0.4 is 5.32 Å². The summed E-state index contributed by atoms with van der Waals surface area (Å²) in [5.41, 5.74) is 0.156. The zero-order valence-corrected chi connectivity index (χ0v) is 9.90. The van der Waals surface area contributed by atoms with E-state index in [1.165, 1.54) is 6.92 Å². The van der Waals surface area contributed by atoms with E-state index in [1.54, 1.807) is 0 Å². The Morgan fingerprint density at radius 1 is 1.50 bits per heavy atom. The molecule has 0 saturated carbocycles. The van der Waals surface area contributed by atoms with E-state index < -0.39 is 0 Å². The molecule has 0 aromatic rings. The van der Waals surface area contributed by atoms with Crippen LogP contribution in [-0.2, 0) is 9.53 Å². The monoisotopic (exact) mass is 221 g/mol. The Hall–Kier alpha value is -1.09. The SMILES string of the molecule is CC(=O)OC1CN[C@@H](C2(C)C=CC=CC2)C1. The fourth-order valence-electron chi connectivity index (χ4n) is 2.53. The van der Waals surface area contributed by atoms with Crippen LogP contribution in [0, 0.1) is 5.41 Å². The molecular weight excluding hydrogens is 202 g/mol. The van der Waals surface area contributed by atoms with E-state index in [0.29, 0.717) is 6.04 Å². The molecular formula is C13H19NO2. The number of carbonyl (C=O) groups excluding carboxylic acids is 1. The van der Waals surface area contributed by atoms with Crippen LogP contribution >= 0.6 is 0 Å². The van der Waals surface area contributed by atoms with Gasteiger partial charge in [0.1, 0.15) is 6.10 Å². The van der Waals surface area contributed by atoms with Crippen LogP contribution in [-0.4, -0.2) is 24.7 Å². The molecule has 3 heteroatoms. The van der Waals surface area contributed by atoms with Crippen molar-refractivity contribution in [2.45, 2.75) is 38.8 Å². The number of esters is 1. The van der Waals surface area contributed by atoms with Crippen molar-refractivity contribution in [3.05, 3.63) is 24.3 Å². The molecule has 2 rings (SSSR count). The Morgan fingerprint density at radius 2 is 2.31 bits per heavy atom. The molecule has 1 fully saturated rings. The van der Waals surface area contributed by atoms with Crippen molar-refractivity contribution in [3.8, 4) is 0 Å². The van der Waals surface area contributed by atoms with Crippen molar-refractivity contribution in [2.75, 3.05) is 6.54 Å². The van der Waals surface area contributed by atoms with Gasteiger partial charge in [0.2, 0.25) is 0 Å². The Kier molecular flexibility index (Phi) is 3.15. The Bertz CT molecular complexity index is 335. The van der Waals surface area contributed by atoms with Crippen LogP contribution in [0.3, 0.4) is 0 Å². The second-order valence-corrected chi connectivity index (χ2v) is 4.93. The van der Waals surface area contributed by atoms with Gasteiger partial charge in [-0.25, -0.2) is 0 Å². The Labute approximate surface area is 96.6 Å². The number of rotatable bonds is 2. The van der Waals surface area contributed by atoms with Gasteiger partial charge in [-0.3, -0.25) is 4.79 Å². The molecule has 3 atom stereocenters. The van der Waals surface area contributed by atoms with Crippen LogP contribution in [0.1, 0.15) is 26.7 Å². The minimum absolute atomic E-state index is 0.0404. The molecule has 0 bridgehead atoms. The summed E-state index contributed by atoms with van der Waals surface area (Å²) in [5, 5.41) is 3.46. The van der Waals surface area contributed by atoms with Crippen molar-refractivity contribution in [3.63, 3.8) is 0 Å². The summed E-state index contributed by atoms with van der Waals surface area (Å²) in [4.78, 5) is 10.9. The number of hydrogen-bond acceptors (Lipinski definition) is 3. The quantitative estimate of drug-likeness (QED) is 0.723. The zero-order valence-electron chi connectivity index (χ0n) is 9.90. The molecule has 1 aliphatic carbocycles. The number of hydrogen-bond donors (Lipinski definition) is 1. The van der Waals surface area contributed by atoms with Gasteiger partial charge in [-0.1, -0.05) is 31.2 Å². The Morgan fingerprint density at radius 3 is 2.94 bits per heavy atom. The molecule has 3 nitrogen and oxygen atoms in total. The van der Waals surface area contributed by atoms with Crippen LogP contribution in [0.25, 0.3) is 0 Å². The van der Waals surface area contributed by atoms with E-state index in [9.17, 15) is 4.79 Å². The van der Waals surface area contributed by atoms with Crippen LogP contribution in [0.5, 0.6) is 0 Å². The molecule has 2 unspecified atom stereocenters. The lowest BCUT2D eigenvalue weighted by Gasteiger charge is -2.33. The lowest BCUT2D eigenvalue weighted by Crippen LogP contribution is -2.38. The summed E-state index contributed by atoms with van der Waals surface area (Å²) in [6.07, 6.45) is 10.6. The first-order valence-electron chi connectivity index (χ1n) is 5.85. The highest BCUT2D eigenvalue weighted by Crippen LogP contribution is 2.35. The molecule has 1 N–H and O–H groups in total. The maximum Gasteiger partial charge on any atom is 0.302 e. The highest BCUT2D eigenvalue weighted by molar-refractivity contribution is 5.66. The molecule has 0 aromatic carbocycles. The second-order valence-electron chi connectivity index (χ2n) is 4.93. The molecule has 1 aliphatic heterocycles. The highest BCUT2D eigenvalue weighted by atomic mass is 16.5. The standard InChI is InChI=1S/C13H19NO2/c1-10(15)16-11-8-12(14-9-11)13(2)6-4-3-5-7-13/h3-6,11-12,14H,7-9H2,1-2H3/t11?,12-,13?/m1/s1. The molecule has 0 radical (unpaired) electrons. The molecule has 0 spiro atoms. The third kappa shape index (κ3) is 2.35. The van der Waals surface area contributed by atoms with E-state index in [0.717, 1.165) is 19.4 Å². The van der Waals surface area contributed by atoms with Crippen molar-refractivity contribution in [1.82, 2.24) is 5.32 Å². The lowest BCUT2D eigenvalue weighted by molar-refractivity contribution is -0.145. The summed E-state index contributed by atoms with van der Waals surface area (Å²) in [6.45, 7) is 4.50. The fourth-order valence-corrected chi connectivity index (χ4v) is 2.53.